The van der Waals surface area contributed by atoms with Gasteiger partial charge < -0.3 is 14.2 Å². The van der Waals surface area contributed by atoms with E-state index in [1.54, 1.807) is 37.3 Å². The van der Waals surface area contributed by atoms with Gasteiger partial charge in [-0.3, -0.25) is 20.4 Å². The number of benzene rings is 1. The molecule has 2 N–H and O–H groups in total. The molecule has 0 fully saturated rings. The minimum atomic E-state index is -0.773. The molecule has 1 aromatic rings. The number of hydrogen-bond acceptors (Lipinski definition) is 5. The number of carbonyl (C=O) groups excluding carboxylic acids is 2. The molecule has 1 aromatic carbocycles. The second kappa shape index (κ2) is 11.1. The lowest BCUT2D eigenvalue weighted by atomic mass is 10.3. The first-order chi connectivity index (χ1) is 11.6. The minimum absolute atomic E-state index is 0.137. The molecule has 0 unspecified atom stereocenters. The first kappa shape index (κ1) is 19.5. The Kier molecular flexibility index (Phi) is 8.99. The van der Waals surface area contributed by atoms with Gasteiger partial charge in [-0.1, -0.05) is 6.08 Å². The van der Waals surface area contributed by atoms with Gasteiger partial charge in [0.1, 0.15) is 18.1 Å². The van der Waals surface area contributed by atoms with Crippen molar-refractivity contribution < 1.29 is 23.8 Å². The van der Waals surface area contributed by atoms with E-state index in [0.717, 1.165) is 5.75 Å². The summed E-state index contributed by atoms with van der Waals surface area (Å²) in [5, 5.41) is 0. The Bertz CT molecular complexity index is 530. The summed E-state index contributed by atoms with van der Waals surface area (Å²) in [5.74, 6) is 0.342. The SMILES string of the molecule is C=CCCOCC(=O)NNC(=O)[C@H](C)Oc1ccc(OCC)cc1. The van der Waals surface area contributed by atoms with Gasteiger partial charge in [0.2, 0.25) is 0 Å². The van der Waals surface area contributed by atoms with Crippen molar-refractivity contribution in [1.29, 1.82) is 0 Å². The largest absolute Gasteiger partial charge is 0.494 e. The third-order valence-corrected chi connectivity index (χ3v) is 2.84. The molecule has 1 rings (SSSR count). The summed E-state index contributed by atoms with van der Waals surface area (Å²) in [6.45, 7) is 7.87. The summed E-state index contributed by atoms with van der Waals surface area (Å²) in [5.41, 5.74) is 4.55. The van der Waals surface area contributed by atoms with Crippen molar-refractivity contribution in [3.05, 3.63) is 36.9 Å². The van der Waals surface area contributed by atoms with Gasteiger partial charge in [-0.25, -0.2) is 0 Å². The van der Waals surface area contributed by atoms with Crippen molar-refractivity contribution in [1.82, 2.24) is 10.9 Å². The molecular formula is C17H24N2O5. The second-order valence-corrected chi connectivity index (χ2v) is 4.83. The normalized spacial score (nSPS) is 11.2. The number of rotatable bonds is 10. The van der Waals surface area contributed by atoms with Crippen molar-refractivity contribution in [3.8, 4) is 11.5 Å². The van der Waals surface area contributed by atoms with E-state index < -0.39 is 17.9 Å². The Morgan fingerprint density at radius 1 is 1.21 bits per heavy atom. The predicted molar refractivity (Wildman–Crippen MR) is 89.6 cm³/mol. The molecule has 0 aliphatic carbocycles. The van der Waals surface area contributed by atoms with E-state index in [-0.39, 0.29) is 6.61 Å². The molecule has 0 radical (unpaired) electrons. The third kappa shape index (κ3) is 7.64. The summed E-state index contributed by atoms with van der Waals surface area (Å²) in [4.78, 5) is 23.3. The fourth-order valence-corrected chi connectivity index (χ4v) is 1.64. The van der Waals surface area contributed by atoms with Crippen molar-refractivity contribution in [2.75, 3.05) is 19.8 Å². The number of hydrogen-bond donors (Lipinski definition) is 2. The Balaban J connectivity index is 2.31. The number of hydrazine groups is 1. The molecule has 0 heterocycles. The number of nitrogens with one attached hydrogen (secondary N) is 2. The Labute approximate surface area is 141 Å². The lowest BCUT2D eigenvalue weighted by Crippen LogP contribution is -2.48. The molecule has 0 bridgehead atoms. The van der Waals surface area contributed by atoms with E-state index >= 15 is 0 Å². The van der Waals surface area contributed by atoms with Crippen LogP contribution in [0.4, 0.5) is 0 Å². The molecule has 0 aromatic heterocycles. The lowest BCUT2D eigenvalue weighted by Gasteiger charge is -2.15. The highest BCUT2D eigenvalue weighted by atomic mass is 16.5. The highest BCUT2D eigenvalue weighted by Crippen LogP contribution is 2.18. The average Bonchev–Trinajstić information content (AvgIpc) is 2.58. The molecule has 0 aliphatic heterocycles. The fraction of sp³-hybridized carbons (Fsp3) is 0.412. The Morgan fingerprint density at radius 2 is 1.88 bits per heavy atom. The molecule has 24 heavy (non-hydrogen) atoms. The molecule has 7 nitrogen and oxygen atoms in total. The van der Waals surface area contributed by atoms with Crippen LogP contribution in [-0.4, -0.2) is 37.7 Å². The van der Waals surface area contributed by atoms with Crippen molar-refractivity contribution in [3.63, 3.8) is 0 Å². The van der Waals surface area contributed by atoms with Crippen LogP contribution in [0.3, 0.4) is 0 Å². The highest BCUT2D eigenvalue weighted by molar-refractivity contribution is 5.85. The van der Waals surface area contributed by atoms with Gasteiger partial charge in [0.15, 0.2) is 6.10 Å². The molecule has 0 saturated carbocycles. The van der Waals surface area contributed by atoms with Crippen LogP contribution in [0.15, 0.2) is 36.9 Å². The molecule has 2 amide bonds. The zero-order valence-corrected chi connectivity index (χ0v) is 14.0. The van der Waals surface area contributed by atoms with Crippen LogP contribution >= 0.6 is 0 Å². The number of ether oxygens (including phenoxy) is 3. The minimum Gasteiger partial charge on any atom is -0.494 e. The monoisotopic (exact) mass is 336 g/mol. The van der Waals surface area contributed by atoms with Crippen LogP contribution in [-0.2, 0) is 14.3 Å². The maximum absolute atomic E-state index is 11.9. The summed E-state index contributed by atoms with van der Waals surface area (Å²) in [7, 11) is 0. The quantitative estimate of drug-likeness (QED) is 0.385. The van der Waals surface area contributed by atoms with Crippen LogP contribution in [0.1, 0.15) is 20.3 Å². The van der Waals surface area contributed by atoms with Crippen LogP contribution in [0.5, 0.6) is 11.5 Å². The summed E-state index contributed by atoms with van der Waals surface area (Å²) < 4.78 is 15.9. The average molecular weight is 336 g/mol. The smallest absolute Gasteiger partial charge is 0.279 e. The molecule has 7 heteroatoms. The topological polar surface area (TPSA) is 85.9 Å². The van der Waals surface area contributed by atoms with Gasteiger partial charge in [-0.2, -0.15) is 0 Å². The van der Waals surface area contributed by atoms with Crippen molar-refractivity contribution in [2.24, 2.45) is 0 Å². The maximum atomic E-state index is 11.9. The van der Waals surface area contributed by atoms with E-state index in [1.807, 2.05) is 6.92 Å². The van der Waals surface area contributed by atoms with E-state index in [1.165, 1.54) is 0 Å². The predicted octanol–water partition coefficient (Wildman–Crippen LogP) is 1.59. The summed E-state index contributed by atoms with van der Waals surface area (Å²) >= 11 is 0. The van der Waals surface area contributed by atoms with Gasteiger partial charge in [-0.15, -0.1) is 6.58 Å². The Morgan fingerprint density at radius 3 is 2.50 bits per heavy atom. The van der Waals surface area contributed by atoms with Crippen LogP contribution in [0, 0.1) is 0 Å². The van der Waals surface area contributed by atoms with Gasteiger partial charge >= 0.3 is 0 Å². The fourth-order valence-electron chi connectivity index (χ4n) is 1.64. The van der Waals surface area contributed by atoms with Crippen LogP contribution in [0.25, 0.3) is 0 Å². The molecule has 132 valence electrons. The van der Waals surface area contributed by atoms with Gasteiger partial charge in [-0.05, 0) is 44.5 Å². The van der Waals surface area contributed by atoms with E-state index in [2.05, 4.69) is 17.4 Å². The maximum Gasteiger partial charge on any atom is 0.279 e. The molecular weight excluding hydrogens is 312 g/mol. The molecule has 0 spiro atoms. The molecule has 0 aliphatic rings. The Hall–Kier alpha value is -2.54. The molecule has 1 atom stereocenters. The second-order valence-electron chi connectivity index (χ2n) is 4.83. The number of carbonyl (C=O) groups is 2. The first-order valence-electron chi connectivity index (χ1n) is 7.73. The van der Waals surface area contributed by atoms with E-state index in [9.17, 15) is 9.59 Å². The summed E-state index contributed by atoms with van der Waals surface area (Å²) in [6, 6.07) is 6.93. The zero-order chi connectivity index (χ0) is 17.8. The zero-order valence-electron chi connectivity index (χ0n) is 14.0. The lowest BCUT2D eigenvalue weighted by molar-refractivity contribution is -0.134. The first-order valence-corrected chi connectivity index (χ1v) is 7.73. The number of amides is 2. The third-order valence-electron chi connectivity index (χ3n) is 2.84. The van der Waals surface area contributed by atoms with Gasteiger partial charge in [0.05, 0.1) is 13.2 Å². The highest BCUT2D eigenvalue weighted by Gasteiger charge is 2.15. The van der Waals surface area contributed by atoms with Crippen LogP contribution < -0.4 is 20.3 Å². The molecule has 0 saturated heterocycles. The van der Waals surface area contributed by atoms with Crippen molar-refractivity contribution in [2.45, 2.75) is 26.4 Å². The van der Waals surface area contributed by atoms with Crippen molar-refractivity contribution >= 4 is 11.8 Å². The van der Waals surface area contributed by atoms with Gasteiger partial charge in [0, 0.05) is 0 Å². The van der Waals surface area contributed by atoms with Crippen LogP contribution in [0.2, 0.25) is 0 Å². The summed E-state index contributed by atoms with van der Waals surface area (Å²) in [6.07, 6.45) is 1.58. The van der Waals surface area contributed by atoms with E-state index in [4.69, 9.17) is 14.2 Å². The van der Waals surface area contributed by atoms with E-state index in [0.29, 0.717) is 25.4 Å². The standard InChI is InChI=1S/C17H24N2O5/c1-4-6-11-22-12-16(20)18-19-17(21)13(3)24-15-9-7-14(8-10-15)23-5-2/h4,7-10,13H,1,5-6,11-12H2,2-3H3,(H,18,20)(H,19,21)/t13-/m0/s1. The van der Waals surface area contributed by atoms with Gasteiger partial charge in [0.25, 0.3) is 11.8 Å².